The summed E-state index contributed by atoms with van der Waals surface area (Å²) in [7, 11) is 0. The molecule has 0 aliphatic heterocycles. The zero-order valence-electron chi connectivity index (χ0n) is 20.8. The largest absolute Gasteiger partial charge is 0.455 e. The Bertz CT molecular complexity index is 2280. The van der Waals surface area contributed by atoms with Gasteiger partial charge in [-0.2, -0.15) is 0 Å². The zero-order valence-corrected chi connectivity index (χ0v) is 20.8. The van der Waals surface area contributed by atoms with E-state index < -0.39 is 0 Å². The molecule has 0 bridgehead atoms. The number of furan rings is 1. The second kappa shape index (κ2) is 7.62. The molecule has 6 aromatic carbocycles. The number of nitrogens with zero attached hydrogens (tertiary/aromatic N) is 2. The van der Waals surface area contributed by atoms with Crippen molar-refractivity contribution < 1.29 is 4.42 Å². The van der Waals surface area contributed by atoms with Crippen molar-refractivity contribution in [3.05, 3.63) is 122 Å². The number of hydrogen-bond acceptors (Lipinski definition) is 3. The molecule has 1 aliphatic rings. The van der Waals surface area contributed by atoms with Crippen molar-refractivity contribution in [3.8, 4) is 44.5 Å². The Kier molecular flexibility index (Phi) is 4.05. The van der Waals surface area contributed by atoms with Gasteiger partial charge in [0.2, 0.25) is 0 Å². The minimum Gasteiger partial charge on any atom is -0.455 e. The third-order valence-corrected chi connectivity index (χ3v) is 8.11. The van der Waals surface area contributed by atoms with Crippen molar-refractivity contribution in [3.63, 3.8) is 0 Å². The van der Waals surface area contributed by atoms with Crippen molar-refractivity contribution in [1.82, 2.24) is 9.97 Å². The first-order chi connectivity index (χ1) is 19.3. The van der Waals surface area contributed by atoms with E-state index in [4.69, 9.17) is 4.42 Å². The first-order valence-corrected chi connectivity index (χ1v) is 13.2. The van der Waals surface area contributed by atoms with Crippen molar-refractivity contribution in [1.29, 1.82) is 0 Å². The SMILES string of the molecule is c1ccc(-c2cc3nccnc3cc2-c2cccc3c2oc2cc4c5c(cccc5c23)-c2ccccc2-4)cc1. The smallest absolute Gasteiger partial charge is 0.143 e. The number of aromatic nitrogens is 2. The van der Waals surface area contributed by atoms with Gasteiger partial charge in [-0.15, -0.1) is 0 Å². The van der Waals surface area contributed by atoms with Gasteiger partial charge in [0.1, 0.15) is 11.2 Å². The molecule has 1 aliphatic carbocycles. The third-order valence-electron chi connectivity index (χ3n) is 8.11. The molecule has 0 spiro atoms. The van der Waals surface area contributed by atoms with Gasteiger partial charge in [0, 0.05) is 28.7 Å². The number of rotatable bonds is 2. The molecular weight excluding hydrogens is 476 g/mol. The summed E-state index contributed by atoms with van der Waals surface area (Å²) in [5, 5.41) is 4.84. The van der Waals surface area contributed by atoms with E-state index in [0.29, 0.717) is 0 Å². The Balaban J connectivity index is 1.39. The number of benzene rings is 6. The van der Waals surface area contributed by atoms with Gasteiger partial charge in [-0.05, 0) is 67.9 Å². The van der Waals surface area contributed by atoms with Gasteiger partial charge < -0.3 is 4.42 Å². The van der Waals surface area contributed by atoms with E-state index in [0.717, 1.165) is 49.8 Å². The standard InChI is InChI=1S/C36H20N2O/c1-2-8-21(9-3-1)28-18-31-32(38-17-16-37-31)19-29(28)25-13-7-15-27-35-26-14-6-12-24-22-10-4-5-11-23(22)30(34(24)26)20-33(35)39-36(25)27/h1-20H. The highest BCUT2D eigenvalue weighted by Gasteiger charge is 2.25. The summed E-state index contributed by atoms with van der Waals surface area (Å²) in [5.74, 6) is 0. The molecule has 0 atom stereocenters. The van der Waals surface area contributed by atoms with Crippen molar-refractivity contribution >= 4 is 43.7 Å². The fourth-order valence-corrected chi connectivity index (χ4v) is 6.46. The van der Waals surface area contributed by atoms with E-state index >= 15 is 0 Å². The highest BCUT2D eigenvalue weighted by Crippen LogP contribution is 2.51. The summed E-state index contributed by atoms with van der Waals surface area (Å²) in [6.45, 7) is 0. The van der Waals surface area contributed by atoms with E-state index in [9.17, 15) is 0 Å². The highest BCUT2D eigenvalue weighted by atomic mass is 16.3. The van der Waals surface area contributed by atoms with Crippen LogP contribution in [0.1, 0.15) is 0 Å². The lowest BCUT2D eigenvalue weighted by atomic mass is 9.92. The fourth-order valence-electron chi connectivity index (χ4n) is 6.46. The second-order valence-electron chi connectivity index (χ2n) is 10.2. The number of hydrogen-bond donors (Lipinski definition) is 0. The van der Waals surface area contributed by atoms with E-state index in [-0.39, 0.29) is 0 Å². The highest BCUT2D eigenvalue weighted by molar-refractivity contribution is 6.28. The quantitative estimate of drug-likeness (QED) is 0.239. The maximum Gasteiger partial charge on any atom is 0.143 e. The van der Waals surface area contributed by atoms with Crippen molar-refractivity contribution in [2.75, 3.05) is 0 Å². The average Bonchev–Trinajstić information content (AvgIpc) is 3.54. The Labute approximate surface area is 224 Å². The van der Waals surface area contributed by atoms with Crippen molar-refractivity contribution in [2.24, 2.45) is 0 Å². The summed E-state index contributed by atoms with van der Waals surface area (Å²) in [4.78, 5) is 9.21. The van der Waals surface area contributed by atoms with E-state index in [1.54, 1.807) is 12.4 Å². The summed E-state index contributed by atoms with van der Waals surface area (Å²) in [5.41, 5.74) is 13.0. The maximum absolute atomic E-state index is 6.79. The van der Waals surface area contributed by atoms with Crippen LogP contribution in [-0.2, 0) is 0 Å². The average molecular weight is 497 g/mol. The normalized spacial score (nSPS) is 12.1. The molecule has 3 nitrogen and oxygen atoms in total. The monoisotopic (exact) mass is 496 g/mol. The molecule has 2 aromatic heterocycles. The van der Waals surface area contributed by atoms with Crippen LogP contribution in [0, 0.1) is 0 Å². The van der Waals surface area contributed by atoms with Gasteiger partial charge in [0.05, 0.1) is 11.0 Å². The molecule has 8 aromatic rings. The molecule has 3 heteroatoms. The zero-order chi connectivity index (χ0) is 25.5. The lowest BCUT2D eigenvalue weighted by molar-refractivity contribution is 0.670. The maximum atomic E-state index is 6.79. The molecule has 2 heterocycles. The summed E-state index contributed by atoms with van der Waals surface area (Å²) in [6, 6.07) is 38.8. The fraction of sp³-hybridized carbons (Fsp3) is 0. The minimum absolute atomic E-state index is 0.865. The molecule has 0 fully saturated rings. The van der Waals surface area contributed by atoms with Gasteiger partial charge in [-0.25, -0.2) is 0 Å². The molecule has 0 unspecified atom stereocenters. The first kappa shape index (κ1) is 20.7. The summed E-state index contributed by atoms with van der Waals surface area (Å²) in [6.07, 6.45) is 3.49. The van der Waals surface area contributed by atoms with Crippen LogP contribution >= 0.6 is 0 Å². The van der Waals surface area contributed by atoms with E-state index in [1.807, 2.05) is 6.07 Å². The predicted octanol–water partition coefficient (Wildman–Crippen LogP) is 9.66. The lowest BCUT2D eigenvalue weighted by Crippen LogP contribution is -1.90. The first-order valence-electron chi connectivity index (χ1n) is 13.2. The van der Waals surface area contributed by atoms with Gasteiger partial charge in [0.15, 0.2) is 0 Å². The van der Waals surface area contributed by atoms with Crippen LogP contribution in [0.3, 0.4) is 0 Å². The number of fused-ring (bicyclic) bond motifs is 8. The van der Waals surface area contributed by atoms with Gasteiger partial charge >= 0.3 is 0 Å². The summed E-state index contributed by atoms with van der Waals surface area (Å²) < 4.78 is 6.79. The second-order valence-corrected chi connectivity index (χ2v) is 10.2. The third kappa shape index (κ3) is 2.82. The Hall–Kier alpha value is -5.28. The Morgan fingerprint density at radius 1 is 0.436 bits per heavy atom. The van der Waals surface area contributed by atoms with Gasteiger partial charge in [-0.3, -0.25) is 9.97 Å². The predicted molar refractivity (Wildman–Crippen MR) is 160 cm³/mol. The topological polar surface area (TPSA) is 38.9 Å². The van der Waals surface area contributed by atoms with Crippen LogP contribution in [0.5, 0.6) is 0 Å². The van der Waals surface area contributed by atoms with Gasteiger partial charge in [0.25, 0.3) is 0 Å². The molecule has 39 heavy (non-hydrogen) atoms. The molecule has 180 valence electrons. The van der Waals surface area contributed by atoms with Crippen LogP contribution < -0.4 is 0 Å². The lowest BCUT2D eigenvalue weighted by Gasteiger charge is -2.12. The van der Waals surface area contributed by atoms with Crippen LogP contribution in [0.25, 0.3) is 88.3 Å². The van der Waals surface area contributed by atoms with Crippen LogP contribution in [0.2, 0.25) is 0 Å². The van der Waals surface area contributed by atoms with E-state index in [1.165, 1.54) is 38.4 Å². The van der Waals surface area contributed by atoms with Crippen LogP contribution in [-0.4, -0.2) is 9.97 Å². The van der Waals surface area contributed by atoms with Crippen LogP contribution in [0.15, 0.2) is 126 Å². The molecule has 0 saturated heterocycles. The Morgan fingerprint density at radius 2 is 1.08 bits per heavy atom. The molecule has 0 radical (unpaired) electrons. The molecular formula is C36H20N2O. The van der Waals surface area contributed by atoms with E-state index in [2.05, 4.69) is 113 Å². The van der Waals surface area contributed by atoms with Crippen LogP contribution in [0.4, 0.5) is 0 Å². The summed E-state index contributed by atoms with van der Waals surface area (Å²) >= 11 is 0. The molecule has 0 saturated carbocycles. The number of para-hydroxylation sites is 1. The Morgan fingerprint density at radius 3 is 1.87 bits per heavy atom. The minimum atomic E-state index is 0.865. The molecule has 0 amide bonds. The molecule has 0 N–H and O–H groups in total. The van der Waals surface area contributed by atoms with Gasteiger partial charge in [-0.1, -0.05) is 91.0 Å². The van der Waals surface area contributed by atoms with Crippen molar-refractivity contribution in [2.45, 2.75) is 0 Å². The molecule has 9 rings (SSSR count).